The number of aromatic nitrogens is 5. The topological polar surface area (TPSA) is 90.8 Å². The number of carbonyl (C=O) groups is 1. The van der Waals surface area contributed by atoms with Crippen LogP contribution in [-0.4, -0.2) is 30.5 Å². The van der Waals surface area contributed by atoms with Crippen LogP contribution < -0.4 is 5.32 Å². The lowest BCUT2D eigenvalue weighted by Crippen LogP contribution is -2.14. The minimum absolute atomic E-state index is 0.239. The number of hydrogen-bond acceptors (Lipinski definition) is 5. The van der Waals surface area contributed by atoms with Crippen molar-refractivity contribution in [1.29, 1.82) is 0 Å². The molecule has 0 aromatic carbocycles. The Bertz CT molecular complexity index is 1120. The van der Waals surface area contributed by atoms with Crippen LogP contribution in [0.3, 0.4) is 0 Å². The summed E-state index contributed by atoms with van der Waals surface area (Å²) in [6.45, 7) is 3.76. The van der Waals surface area contributed by atoms with Gasteiger partial charge in [-0.15, -0.1) is 0 Å². The fourth-order valence-corrected chi connectivity index (χ4v) is 2.99. The van der Waals surface area contributed by atoms with Crippen molar-refractivity contribution in [3.05, 3.63) is 47.6 Å². The fraction of sp³-hybridized carbons (Fsp3) is 0.222. The normalized spacial score (nSPS) is 11.2. The monoisotopic (exact) mass is 350 g/mol. The quantitative estimate of drug-likeness (QED) is 0.613. The summed E-state index contributed by atoms with van der Waals surface area (Å²) in [4.78, 5) is 17.6. The van der Waals surface area contributed by atoms with Crippen LogP contribution in [0, 0.1) is 13.8 Å². The summed E-state index contributed by atoms with van der Waals surface area (Å²) in [6, 6.07) is 5.33. The van der Waals surface area contributed by atoms with Crippen molar-refractivity contribution in [1.82, 2.24) is 24.5 Å². The number of nitrogens with zero attached hydrogens (tertiary/aromatic N) is 5. The summed E-state index contributed by atoms with van der Waals surface area (Å²) in [5.74, 6) is 0.356. The molecule has 0 bridgehead atoms. The molecule has 0 fully saturated rings. The molecule has 4 aromatic heterocycles. The van der Waals surface area contributed by atoms with E-state index in [0.29, 0.717) is 28.4 Å². The molecule has 0 saturated carbocycles. The van der Waals surface area contributed by atoms with E-state index in [1.807, 2.05) is 27.0 Å². The molecule has 1 amide bonds. The molecule has 0 aliphatic heterocycles. The van der Waals surface area contributed by atoms with Crippen molar-refractivity contribution in [3.63, 3.8) is 0 Å². The average Bonchev–Trinajstić information content (AvgIpc) is 3.32. The molecule has 0 unspecified atom stereocenters. The summed E-state index contributed by atoms with van der Waals surface area (Å²) in [7, 11) is 3.64. The Kier molecular flexibility index (Phi) is 3.61. The van der Waals surface area contributed by atoms with Gasteiger partial charge in [0.2, 0.25) is 0 Å². The molecule has 8 nitrogen and oxygen atoms in total. The molecular weight excluding hydrogens is 332 g/mol. The third-order valence-electron chi connectivity index (χ3n) is 4.47. The number of rotatable bonds is 3. The highest BCUT2D eigenvalue weighted by atomic mass is 16.3. The van der Waals surface area contributed by atoms with Crippen LogP contribution in [0.15, 0.2) is 35.1 Å². The van der Waals surface area contributed by atoms with Crippen LogP contribution in [0.5, 0.6) is 0 Å². The second-order valence-corrected chi connectivity index (χ2v) is 6.16. The van der Waals surface area contributed by atoms with Crippen molar-refractivity contribution in [2.24, 2.45) is 14.1 Å². The Balaban J connectivity index is 1.87. The SMILES string of the molecule is Cc1nn(C)c2nc(-c3ccco3)cc(C(=O)Nc3cnn(C)c3C)c12. The summed E-state index contributed by atoms with van der Waals surface area (Å²) < 4.78 is 8.83. The minimum atomic E-state index is -0.239. The largest absolute Gasteiger partial charge is 0.463 e. The van der Waals surface area contributed by atoms with Gasteiger partial charge in [0, 0.05) is 14.1 Å². The summed E-state index contributed by atoms with van der Waals surface area (Å²) in [5.41, 5.74) is 3.99. The number of fused-ring (bicyclic) bond motifs is 1. The molecule has 0 saturated heterocycles. The van der Waals surface area contributed by atoms with Crippen LogP contribution in [0.25, 0.3) is 22.5 Å². The number of furan rings is 1. The molecule has 4 rings (SSSR count). The molecule has 26 heavy (non-hydrogen) atoms. The predicted octanol–water partition coefficient (Wildman–Crippen LogP) is 2.83. The Morgan fingerprint density at radius 1 is 1.23 bits per heavy atom. The maximum Gasteiger partial charge on any atom is 0.256 e. The van der Waals surface area contributed by atoms with E-state index in [-0.39, 0.29) is 5.91 Å². The van der Waals surface area contributed by atoms with Crippen LogP contribution in [0.4, 0.5) is 5.69 Å². The van der Waals surface area contributed by atoms with E-state index < -0.39 is 0 Å². The minimum Gasteiger partial charge on any atom is -0.463 e. The summed E-state index contributed by atoms with van der Waals surface area (Å²) in [6.07, 6.45) is 3.21. The maximum atomic E-state index is 13.0. The zero-order valence-corrected chi connectivity index (χ0v) is 14.9. The van der Waals surface area contributed by atoms with E-state index in [0.717, 1.165) is 16.8 Å². The molecular formula is C18H18N6O2. The predicted molar refractivity (Wildman–Crippen MR) is 96.8 cm³/mol. The van der Waals surface area contributed by atoms with Gasteiger partial charge in [-0.3, -0.25) is 14.2 Å². The summed E-state index contributed by atoms with van der Waals surface area (Å²) in [5, 5.41) is 12.2. The maximum absolute atomic E-state index is 13.0. The van der Waals surface area contributed by atoms with Gasteiger partial charge in [0.15, 0.2) is 11.4 Å². The van der Waals surface area contributed by atoms with Gasteiger partial charge in [0.05, 0.1) is 40.5 Å². The van der Waals surface area contributed by atoms with E-state index in [1.165, 1.54) is 0 Å². The molecule has 4 aromatic rings. The fourth-order valence-electron chi connectivity index (χ4n) is 2.99. The Morgan fingerprint density at radius 2 is 2.04 bits per heavy atom. The lowest BCUT2D eigenvalue weighted by atomic mass is 10.1. The van der Waals surface area contributed by atoms with Gasteiger partial charge in [-0.2, -0.15) is 10.2 Å². The Labute approximate surface area is 149 Å². The molecule has 4 heterocycles. The lowest BCUT2D eigenvalue weighted by Gasteiger charge is -2.08. The number of aryl methyl sites for hydroxylation is 3. The van der Waals surface area contributed by atoms with Gasteiger partial charge < -0.3 is 9.73 Å². The van der Waals surface area contributed by atoms with Crippen LogP contribution >= 0.6 is 0 Å². The molecule has 0 radical (unpaired) electrons. The molecule has 0 spiro atoms. The van der Waals surface area contributed by atoms with Crippen molar-refractivity contribution >= 4 is 22.6 Å². The third kappa shape index (κ3) is 2.46. The standard InChI is InChI=1S/C18H18N6O2/c1-10-16-12(18(25)21-14-9-19-23(3)11(14)2)8-13(15-6-5-7-26-15)20-17(16)24(4)22-10/h5-9H,1-4H3,(H,21,25). The van der Waals surface area contributed by atoms with Gasteiger partial charge in [-0.05, 0) is 32.0 Å². The first-order valence-electron chi connectivity index (χ1n) is 8.14. The number of amides is 1. The van der Waals surface area contributed by atoms with Crippen molar-refractivity contribution in [2.45, 2.75) is 13.8 Å². The first kappa shape index (κ1) is 16.1. The zero-order valence-electron chi connectivity index (χ0n) is 14.9. The molecule has 0 aliphatic rings. The Morgan fingerprint density at radius 3 is 2.69 bits per heavy atom. The van der Waals surface area contributed by atoms with Crippen LogP contribution in [-0.2, 0) is 14.1 Å². The Hall–Kier alpha value is -3.42. The van der Waals surface area contributed by atoms with Gasteiger partial charge >= 0.3 is 0 Å². The first-order valence-corrected chi connectivity index (χ1v) is 8.14. The van der Waals surface area contributed by atoms with Crippen molar-refractivity contribution in [3.8, 4) is 11.5 Å². The second-order valence-electron chi connectivity index (χ2n) is 6.16. The first-order chi connectivity index (χ1) is 12.5. The number of nitrogens with one attached hydrogen (secondary N) is 1. The zero-order chi connectivity index (χ0) is 18.4. The van der Waals surface area contributed by atoms with E-state index >= 15 is 0 Å². The van der Waals surface area contributed by atoms with Gasteiger partial charge in [0.25, 0.3) is 5.91 Å². The second kappa shape index (κ2) is 5.83. The number of hydrogen-bond donors (Lipinski definition) is 1. The molecule has 0 atom stereocenters. The smallest absolute Gasteiger partial charge is 0.256 e. The highest BCUT2D eigenvalue weighted by Crippen LogP contribution is 2.28. The van der Waals surface area contributed by atoms with E-state index in [4.69, 9.17) is 4.42 Å². The van der Waals surface area contributed by atoms with Crippen LogP contribution in [0.2, 0.25) is 0 Å². The van der Waals surface area contributed by atoms with Gasteiger partial charge in [-0.25, -0.2) is 4.98 Å². The molecule has 0 aliphatic carbocycles. The van der Waals surface area contributed by atoms with E-state index in [2.05, 4.69) is 20.5 Å². The highest BCUT2D eigenvalue weighted by molar-refractivity contribution is 6.13. The average molecular weight is 350 g/mol. The highest BCUT2D eigenvalue weighted by Gasteiger charge is 2.21. The number of pyridine rings is 1. The van der Waals surface area contributed by atoms with Crippen LogP contribution in [0.1, 0.15) is 21.7 Å². The number of anilines is 1. The van der Waals surface area contributed by atoms with Crippen molar-refractivity contribution in [2.75, 3.05) is 5.32 Å². The molecule has 1 N–H and O–H groups in total. The van der Waals surface area contributed by atoms with E-state index in [1.54, 1.807) is 41.0 Å². The summed E-state index contributed by atoms with van der Waals surface area (Å²) >= 11 is 0. The molecule has 8 heteroatoms. The number of carbonyl (C=O) groups excluding carboxylic acids is 1. The van der Waals surface area contributed by atoms with Crippen molar-refractivity contribution < 1.29 is 9.21 Å². The van der Waals surface area contributed by atoms with E-state index in [9.17, 15) is 4.79 Å². The van der Waals surface area contributed by atoms with Gasteiger partial charge in [0.1, 0.15) is 5.69 Å². The van der Waals surface area contributed by atoms with Gasteiger partial charge in [-0.1, -0.05) is 0 Å². The third-order valence-corrected chi connectivity index (χ3v) is 4.47. The molecule has 132 valence electrons. The lowest BCUT2D eigenvalue weighted by molar-refractivity contribution is 0.102.